The molecule has 5 aliphatic rings. The zero-order chi connectivity index (χ0) is 60.2. The van der Waals surface area contributed by atoms with E-state index < -0.39 is 228 Å². The van der Waals surface area contributed by atoms with E-state index in [0.717, 1.165) is 27.7 Å². The Morgan fingerprint density at radius 2 is 0.700 bits per heavy atom. The van der Waals surface area contributed by atoms with Crippen LogP contribution in [0, 0.1) is 0 Å². The summed E-state index contributed by atoms with van der Waals surface area (Å²) in [4.78, 5) is 71.1. The van der Waals surface area contributed by atoms with Gasteiger partial charge in [-0.05, 0) is 0 Å². The minimum absolute atomic E-state index is 0.114. The summed E-state index contributed by atoms with van der Waals surface area (Å²) in [5.41, 5.74) is 5.48. The van der Waals surface area contributed by atoms with Crippen LogP contribution in [0.4, 0.5) is 13.2 Å². The summed E-state index contributed by atoms with van der Waals surface area (Å²) in [6.45, 7) is -0.571. The van der Waals surface area contributed by atoms with Crippen LogP contribution in [0.15, 0.2) is 0 Å². The molecule has 5 unspecified atom stereocenters. The number of carboxylic acids is 1. The molecule has 5 rings (SSSR count). The SMILES string of the molecule is CC(=O)N[C@H]1[C@H](OC2[C@@H](CO)O[C@@H](OC3[C@@H](CO)O[C@@H](OC4[C@@H](CO)OC(O)[C@H](NC(C)=O)[C@H]4O)[C@H](NC(C)=O)[C@H]3O)[C@H](NC(C)=O)[C@H]2O)O[C@H](CO)C(O[C@@H]2O[C@H](CO)[C@@H](O)[C@H](O)[C@H]2NC(=O)CCN)[C@@H]1O.O=C(O)C(F)(F)F. The molecule has 0 radical (unpaired) electrons. The van der Waals surface area contributed by atoms with Crippen LogP contribution in [0.5, 0.6) is 0 Å². The standard InChI is InChI=1S/C41H70N6O26.C2HF3O2/c1-12(53)43-22-29(60)33(17(8-49)65-37(22)64)70-39-24(44-13(2)54)31(62)35(19(10-51)67-39)72-41-26(46-15(4)56)32(63)36(20(11-52)69-41)73-40-25(45-14(3)55)30(61)34(18(9-50)68-40)71-38-23(47-21(57)5-6-42)28(59)27(58)16(7-48)66-38;3-2(4,5)1(6)7/h16-20,22-41,48-52,58-64H,5-11,42H2,1-4H3,(H,43,53)(H,44,54)(H,45,55)(H,46,56)(H,47,57);(H,6,7)/t16-,17-,18-,19-,20-,22-,23-,24-,25-,26-,27-,28-,29-,30-,31-,32-,33?,34?,35?,36?,37?,38+,39+,40+,41+;/m1./s1. The number of carboxylic acid groups (broad SMARTS) is 1. The van der Waals surface area contributed by atoms with Crippen LogP contribution in [-0.2, 0) is 71.4 Å². The Labute approximate surface area is 451 Å². The maximum atomic E-state index is 12.7. The number of aliphatic carboxylic acids is 1. The summed E-state index contributed by atoms with van der Waals surface area (Å²) in [5, 5.41) is 150. The minimum atomic E-state index is -5.08. The lowest BCUT2D eigenvalue weighted by atomic mass is 9.93. The third kappa shape index (κ3) is 17.2. The van der Waals surface area contributed by atoms with Gasteiger partial charge in [0.2, 0.25) is 29.5 Å². The molecule has 5 saturated heterocycles. The molecule has 0 aliphatic carbocycles. The first kappa shape index (κ1) is 68.2. The molecule has 5 fully saturated rings. The number of alkyl halides is 3. The molecular weight excluding hydrogens is 1110 g/mol. The molecule has 0 aromatic rings. The van der Waals surface area contributed by atoms with Crippen molar-refractivity contribution in [3.8, 4) is 0 Å². The first-order chi connectivity index (χ1) is 37.5. The molecule has 37 heteroatoms. The van der Waals surface area contributed by atoms with E-state index in [1.807, 2.05) is 0 Å². The van der Waals surface area contributed by atoms with Gasteiger partial charge >= 0.3 is 12.1 Å². The number of carbonyl (C=O) groups is 6. The van der Waals surface area contributed by atoms with Gasteiger partial charge in [0.1, 0.15) is 122 Å². The van der Waals surface area contributed by atoms with Gasteiger partial charge in [0, 0.05) is 40.7 Å². The second kappa shape index (κ2) is 30.3. The molecule has 0 saturated carbocycles. The van der Waals surface area contributed by atoms with E-state index in [-0.39, 0.29) is 13.0 Å². The van der Waals surface area contributed by atoms with Gasteiger partial charge in [-0.3, -0.25) is 24.0 Å². The van der Waals surface area contributed by atoms with E-state index in [2.05, 4.69) is 26.6 Å². The molecule has 0 aromatic heterocycles. The molecule has 5 heterocycles. The van der Waals surface area contributed by atoms with E-state index in [1.165, 1.54) is 0 Å². The van der Waals surface area contributed by atoms with Crippen LogP contribution in [0.25, 0.3) is 0 Å². The molecular formula is C43H71F3N6O28. The van der Waals surface area contributed by atoms with Gasteiger partial charge < -0.3 is 141 Å². The fourth-order valence-corrected chi connectivity index (χ4v) is 9.22. The van der Waals surface area contributed by atoms with Crippen molar-refractivity contribution in [2.75, 3.05) is 39.6 Å². The molecule has 80 heavy (non-hydrogen) atoms. The molecule has 5 amide bonds. The summed E-state index contributed by atoms with van der Waals surface area (Å²) < 4.78 is 84.8. The third-order valence-electron chi connectivity index (χ3n) is 12.9. The Bertz CT molecular complexity index is 2050. The second-order valence-corrected chi connectivity index (χ2v) is 18.8. The Kier molecular flexibility index (Phi) is 25.9. The van der Waals surface area contributed by atoms with E-state index in [1.54, 1.807) is 0 Å². The van der Waals surface area contributed by atoms with Crippen LogP contribution < -0.4 is 32.3 Å². The summed E-state index contributed by atoms with van der Waals surface area (Å²) in [7, 11) is 0. The Morgan fingerprint density at radius 1 is 0.438 bits per heavy atom. The van der Waals surface area contributed by atoms with Crippen molar-refractivity contribution in [1.29, 1.82) is 0 Å². The van der Waals surface area contributed by atoms with Crippen molar-refractivity contribution < 1.29 is 151 Å². The highest BCUT2D eigenvalue weighted by atomic mass is 19.4. The van der Waals surface area contributed by atoms with E-state index in [9.17, 15) is 98.4 Å². The largest absolute Gasteiger partial charge is 0.490 e. The highest BCUT2D eigenvalue weighted by Crippen LogP contribution is 2.36. The molecule has 0 spiro atoms. The number of aliphatic hydroxyl groups excluding tert-OH is 12. The topological polar surface area (TPSA) is 535 Å². The summed E-state index contributed by atoms with van der Waals surface area (Å²) in [6, 6.07) is -8.15. The average Bonchev–Trinajstić information content (AvgIpc) is 3.37. The third-order valence-corrected chi connectivity index (χ3v) is 12.9. The molecule has 462 valence electrons. The number of nitrogens with two attached hydrogens (primary N) is 1. The number of aliphatic hydroxyl groups is 12. The predicted molar refractivity (Wildman–Crippen MR) is 246 cm³/mol. The first-order valence-electron chi connectivity index (χ1n) is 24.6. The van der Waals surface area contributed by atoms with Gasteiger partial charge in [0.15, 0.2) is 31.5 Å². The molecule has 0 aromatic carbocycles. The maximum absolute atomic E-state index is 12.7. The van der Waals surface area contributed by atoms with Crippen LogP contribution in [-0.4, -0.2) is 301 Å². The molecule has 0 bridgehead atoms. The van der Waals surface area contributed by atoms with E-state index in [4.69, 9.17) is 58.3 Å². The van der Waals surface area contributed by atoms with Gasteiger partial charge in [-0.2, -0.15) is 13.2 Å². The quantitative estimate of drug-likeness (QED) is 0.0538. The second-order valence-electron chi connectivity index (χ2n) is 18.8. The highest BCUT2D eigenvalue weighted by molar-refractivity contribution is 5.77. The maximum Gasteiger partial charge on any atom is 0.490 e. The Balaban J connectivity index is 0.00000184. The monoisotopic (exact) mass is 1180 g/mol. The van der Waals surface area contributed by atoms with E-state index >= 15 is 0 Å². The molecule has 34 nitrogen and oxygen atoms in total. The summed E-state index contributed by atoms with van der Waals surface area (Å²) in [5.74, 6) is -6.56. The van der Waals surface area contributed by atoms with Crippen LogP contribution in [0.2, 0.25) is 0 Å². The van der Waals surface area contributed by atoms with Gasteiger partial charge in [-0.25, -0.2) is 4.79 Å². The molecule has 5 aliphatic heterocycles. The smallest absolute Gasteiger partial charge is 0.475 e. The highest BCUT2D eigenvalue weighted by Gasteiger charge is 2.58. The molecule has 25 atom stereocenters. The number of hydrogen-bond donors (Lipinski definition) is 19. The number of carbonyl (C=O) groups excluding carboxylic acids is 5. The van der Waals surface area contributed by atoms with Crippen molar-refractivity contribution in [1.82, 2.24) is 26.6 Å². The average molecular weight is 1180 g/mol. The van der Waals surface area contributed by atoms with Crippen molar-refractivity contribution in [3.63, 3.8) is 0 Å². The molecule has 20 N–H and O–H groups in total. The first-order valence-corrected chi connectivity index (χ1v) is 24.6. The Hall–Kier alpha value is -4.27. The zero-order valence-corrected chi connectivity index (χ0v) is 43.0. The summed E-state index contributed by atoms with van der Waals surface area (Å²) >= 11 is 0. The fraction of sp³-hybridized carbons (Fsp3) is 0.860. The van der Waals surface area contributed by atoms with Gasteiger partial charge in [-0.15, -0.1) is 0 Å². The fourth-order valence-electron chi connectivity index (χ4n) is 9.22. The number of nitrogens with one attached hydrogen (secondary N) is 5. The lowest BCUT2D eigenvalue weighted by molar-refractivity contribution is -0.367. The van der Waals surface area contributed by atoms with Crippen LogP contribution in [0.3, 0.4) is 0 Å². The Morgan fingerprint density at radius 3 is 0.975 bits per heavy atom. The number of halogens is 3. The van der Waals surface area contributed by atoms with Crippen molar-refractivity contribution in [3.05, 3.63) is 0 Å². The van der Waals surface area contributed by atoms with Crippen molar-refractivity contribution in [2.45, 2.75) is 194 Å². The lowest BCUT2D eigenvalue weighted by Gasteiger charge is -2.51. The van der Waals surface area contributed by atoms with Gasteiger partial charge in [0.25, 0.3) is 0 Å². The van der Waals surface area contributed by atoms with E-state index in [0.29, 0.717) is 0 Å². The summed E-state index contributed by atoms with van der Waals surface area (Å²) in [6.07, 6.45) is -40.7. The van der Waals surface area contributed by atoms with Gasteiger partial charge in [0.05, 0.1) is 33.0 Å². The van der Waals surface area contributed by atoms with Crippen LogP contribution >= 0.6 is 0 Å². The lowest BCUT2D eigenvalue weighted by Crippen LogP contribution is -2.72. The number of amides is 5. The van der Waals surface area contributed by atoms with Gasteiger partial charge in [-0.1, -0.05) is 0 Å². The van der Waals surface area contributed by atoms with Crippen molar-refractivity contribution >= 4 is 35.5 Å². The normalized spacial score (nSPS) is 40.3. The number of ether oxygens (including phenoxy) is 9. The number of rotatable bonds is 20. The minimum Gasteiger partial charge on any atom is -0.475 e. The van der Waals surface area contributed by atoms with Crippen LogP contribution in [0.1, 0.15) is 34.1 Å². The zero-order valence-electron chi connectivity index (χ0n) is 43.0. The number of hydrogen-bond acceptors (Lipinski definition) is 28. The van der Waals surface area contributed by atoms with Crippen molar-refractivity contribution in [2.24, 2.45) is 5.73 Å². The predicted octanol–water partition coefficient (Wildman–Crippen LogP) is -11.2.